The van der Waals surface area contributed by atoms with E-state index in [1.54, 1.807) is 12.4 Å². The van der Waals surface area contributed by atoms with Gasteiger partial charge in [-0.2, -0.15) is 13.2 Å². The standard InChI is InChI=1S/C14H14N2O2.C7H5ClF3N/c17-11-10-16-12-3-5-14(6-4-12)18-13-2-1-8-15-9-7-13;8-6-2-1-4(12)3-5(6)7(9,10)11/h1,3-9,11,16H,2,10H2;1-3H,12H2. The lowest BCUT2D eigenvalue weighted by Crippen LogP contribution is -2.06. The number of aldehydes is 1. The number of allylic oxidation sites excluding steroid dienone is 2. The fraction of sp³-hybridized carbons (Fsp3) is 0.143. The van der Waals surface area contributed by atoms with Gasteiger partial charge in [-0.05, 0) is 48.5 Å². The van der Waals surface area contributed by atoms with Gasteiger partial charge in [0.25, 0.3) is 0 Å². The first-order valence-electron chi connectivity index (χ1n) is 8.74. The van der Waals surface area contributed by atoms with E-state index >= 15 is 0 Å². The van der Waals surface area contributed by atoms with Crippen LogP contribution in [-0.2, 0) is 11.0 Å². The summed E-state index contributed by atoms with van der Waals surface area (Å²) in [5.74, 6) is 1.61. The van der Waals surface area contributed by atoms with Gasteiger partial charge in [-0.1, -0.05) is 17.7 Å². The summed E-state index contributed by atoms with van der Waals surface area (Å²) in [6, 6.07) is 10.7. The zero-order valence-electron chi connectivity index (χ0n) is 15.7. The summed E-state index contributed by atoms with van der Waals surface area (Å²) in [6.07, 6.45) is 4.36. The van der Waals surface area contributed by atoms with Crippen LogP contribution >= 0.6 is 11.6 Å². The van der Waals surface area contributed by atoms with E-state index in [-0.39, 0.29) is 10.7 Å². The maximum absolute atomic E-state index is 12.1. The van der Waals surface area contributed by atoms with Crippen LogP contribution in [0.3, 0.4) is 0 Å². The molecule has 0 aliphatic carbocycles. The lowest BCUT2D eigenvalue weighted by Gasteiger charge is -2.08. The first-order chi connectivity index (χ1) is 14.3. The lowest BCUT2D eigenvalue weighted by atomic mass is 10.2. The second-order valence-electron chi connectivity index (χ2n) is 5.93. The number of benzene rings is 2. The first-order valence-corrected chi connectivity index (χ1v) is 9.12. The average molecular weight is 438 g/mol. The number of carbonyl (C=O) groups is 1. The quantitative estimate of drug-likeness (QED) is 0.479. The van der Waals surface area contributed by atoms with Gasteiger partial charge >= 0.3 is 6.18 Å². The lowest BCUT2D eigenvalue weighted by molar-refractivity contribution is -0.137. The highest BCUT2D eigenvalue weighted by atomic mass is 35.5. The Balaban J connectivity index is 0.000000232. The Bertz CT molecular complexity index is 940. The predicted molar refractivity (Wildman–Crippen MR) is 113 cm³/mol. The number of ether oxygens (including phenoxy) is 1. The van der Waals surface area contributed by atoms with Crippen LogP contribution in [0, 0.1) is 0 Å². The molecule has 1 aliphatic rings. The molecule has 0 saturated heterocycles. The third-order valence-electron chi connectivity index (χ3n) is 3.65. The molecular weight excluding hydrogens is 419 g/mol. The van der Waals surface area contributed by atoms with Gasteiger partial charge in [0.1, 0.15) is 17.8 Å². The number of aliphatic imine (C=N–C) groups is 1. The molecule has 30 heavy (non-hydrogen) atoms. The molecule has 1 heterocycles. The van der Waals surface area contributed by atoms with Crippen LogP contribution in [0.25, 0.3) is 0 Å². The number of hydrogen-bond donors (Lipinski definition) is 2. The number of alkyl halides is 3. The maximum Gasteiger partial charge on any atom is 0.417 e. The molecule has 1 aliphatic heterocycles. The molecule has 0 saturated carbocycles. The number of hydrogen-bond acceptors (Lipinski definition) is 5. The predicted octanol–water partition coefficient (Wildman–Crippen LogP) is 5.49. The van der Waals surface area contributed by atoms with Crippen molar-refractivity contribution in [2.75, 3.05) is 17.6 Å². The SMILES string of the molecule is Nc1ccc(Cl)c(C(F)(F)F)c1.O=CCNc1ccc(OC2=CC=NC=CC2)cc1. The molecule has 0 fully saturated rings. The Hall–Kier alpha value is -3.26. The van der Waals surface area contributed by atoms with Gasteiger partial charge in [0, 0.05) is 30.2 Å². The molecule has 0 aromatic heterocycles. The number of rotatable bonds is 5. The molecule has 3 rings (SSSR count). The maximum atomic E-state index is 12.1. The second kappa shape index (κ2) is 11.1. The van der Waals surface area contributed by atoms with Crippen LogP contribution < -0.4 is 15.8 Å². The van der Waals surface area contributed by atoms with Crippen molar-refractivity contribution in [2.45, 2.75) is 12.6 Å². The van der Waals surface area contributed by atoms with E-state index in [0.29, 0.717) is 6.54 Å². The topological polar surface area (TPSA) is 76.7 Å². The van der Waals surface area contributed by atoms with Crippen molar-refractivity contribution in [3.63, 3.8) is 0 Å². The molecule has 0 atom stereocenters. The van der Waals surface area contributed by atoms with Crippen molar-refractivity contribution in [1.82, 2.24) is 0 Å². The summed E-state index contributed by atoms with van der Waals surface area (Å²) in [7, 11) is 0. The molecule has 9 heteroatoms. The summed E-state index contributed by atoms with van der Waals surface area (Å²) in [6.45, 7) is 0.312. The summed E-state index contributed by atoms with van der Waals surface area (Å²) in [4.78, 5) is 14.2. The summed E-state index contributed by atoms with van der Waals surface area (Å²) in [5, 5.41) is 2.63. The number of nitrogens with two attached hydrogens (primary N) is 1. The number of anilines is 2. The van der Waals surface area contributed by atoms with E-state index in [1.807, 2.05) is 36.4 Å². The number of nitrogens with zero attached hydrogens (tertiary/aromatic N) is 1. The van der Waals surface area contributed by atoms with Gasteiger partial charge < -0.3 is 20.6 Å². The Kier molecular flexibility index (Phi) is 8.49. The molecule has 0 amide bonds. The molecule has 0 unspecified atom stereocenters. The highest BCUT2D eigenvalue weighted by molar-refractivity contribution is 6.31. The molecule has 158 valence electrons. The minimum atomic E-state index is -4.44. The van der Waals surface area contributed by atoms with Gasteiger partial charge in [-0.25, -0.2) is 0 Å². The molecule has 3 N–H and O–H groups in total. The van der Waals surface area contributed by atoms with Crippen LogP contribution in [0.2, 0.25) is 5.02 Å². The van der Waals surface area contributed by atoms with E-state index in [1.165, 1.54) is 6.07 Å². The third-order valence-corrected chi connectivity index (χ3v) is 3.98. The third kappa shape index (κ3) is 7.63. The van der Waals surface area contributed by atoms with Crippen molar-refractivity contribution >= 4 is 35.5 Å². The van der Waals surface area contributed by atoms with Crippen LogP contribution in [-0.4, -0.2) is 19.0 Å². The monoisotopic (exact) mass is 437 g/mol. The highest BCUT2D eigenvalue weighted by Gasteiger charge is 2.33. The fourth-order valence-electron chi connectivity index (χ4n) is 2.26. The number of halogens is 4. The van der Waals surface area contributed by atoms with E-state index in [2.05, 4.69) is 10.3 Å². The molecule has 0 bridgehead atoms. The Morgan fingerprint density at radius 3 is 2.57 bits per heavy atom. The Morgan fingerprint density at radius 2 is 1.93 bits per heavy atom. The fourth-order valence-corrected chi connectivity index (χ4v) is 2.49. The number of nitrogen functional groups attached to an aromatic ring is 1. The summed E-state index contributed by atoms with van der Waals surface area (Å²) in [5.41, 5.74) is 5.21. The molecule has 5 nitrogen and oxygen atoms in total. The highest BCUT2D eigenvalue weighted by Crippen LogP contribution is 2.35. The minimum absolute atomic E-state index is 0.0479. The van der Waals surface area contributed by atoms with E-state index in [4.69, 9.17) is 22.1 Å². The molecule has 2 aromatic carbocycles. The van der Waals surface area contributed by atoms with Gasteiger partial charge in [-0.3, -0.25) is 4.99 Å². The van der Waals surface area contributed by atoms with E-state index in [9.17, 15) is 18.0 Å². The number of carbonyl (C=O) groups excluding carboxylic acids is 1. The van der Waals surface area contributed by atoms with Gasteiger partial charge in [-0.15, -0.1) is 0 Å². The van der Waals surface area contributed by atoms with Crippen LogP contribution in [0.4, 0.5) is 24.5 Å². The minimum Gasteiger partial charge on any atom is -0.461 e. The largest absolute Gasteiger partial charge is 0.461 e. The average Bonchev–Trinajstić information content (AvgIpc) is 2.98. The molecule has 0 radical (unpaired) electrons. The Morgan fingerprint density at radius 1 is 1.20 bits per heavy atom. The second-order valence-corrected chi connectivity index (χ2v) is 6.34. The van der Waals surface area contributed by atoms with Gasteiger partial charge in [0.15, 0.2) is 0 Å². The molecular formula is C21H19ClF3N3O2. The van der Waals surface area contributed by atoms with Crippen molar-refractivity contribution in [3.8, 4) is 5.75 Å². The summed E-state index contributed by atoms with van der Waals surface area (Å²) >= 11 is 5.31. The van der Waals surface area contributed by atoms with Gasteiger partial charge in [0.2, 0.25) is 0 Å². The van der Waals surface area contributed by atoms with E-state index in [0.717, 1.165) is 42.0 Å². The zero-order valence-corrected chi connectivity index (χ0v) is 16.5. The van der Waals surface area contributed by atoms with Crippen LogP contribution in [0.15, 0.2) is 71.6 Å². The van der Waals surface area contributed by atoms with Crippen molar-refractivity contribution in [3.05, 3.63) is 77.2 Å². The van der Waals surface area contributed by atoms with Crippen molar-refractivity contribution in [1.29, 1.82) is 0 Å². The number of nitrogens with one attached hydrogen (secondary N) is 1. The first kappa shape index (κ1) is 23.0. The molecule has 2 aromatic rings. The van der Waals surface area contributed by atoms with Gasteiger partial charge in [0.05, 0.1) is 17.1 Å². The smallest absolute Gasteiger partial charge is 0.417 e. The Labute approximate surface area is 176 Å². The van der Waals surface area contributed by atoms with Crippen molar-refractivity contribution in [2.24, 2.45) is 4.99 Å². The van der Waals surface area contributed by atoms with Crippen LogP contribution in [0.5, 0.6) is 5.75 Å². The normalized spacial score (nSPS) is 12.9. The zero-order chi connectivity index (χ0) is 22.0. The van der Waals surface area contributed by atoms with E-state index < -0.39 is 11.7 Å². The van der Waals surface area contributed by atoms with Crippen LogP contribution in [0.1, 0.15) is 12.0 Å². The summed E-state index contributed by atoms with van der Waals surface area (Å²) < 4.78 is 42.0. The molecule has 0 spiro atoms. The van der Waals surface area contributed by atoms with Crippen molar-refractivity contribution < 1.29 is 22.7 Å².